The van der Waals surface area contributed by atoms with Crippen LogP contribution in [0.4, 0.5) is 0 Å². The van der Waals surface area contributed by atoms with Gasteiger partial charge in [0.2, 0.25) is 0 Å². The first-order valence-electron chi connectivity index (χ1n) is 7.23. The van der Waals surface area contributed by atoms with Crippen molar-refractivity contribution < 1.29 is 0 Å². The zero-order valence-electron chi connectivity index (χ0n) is 11.7. The summed E-state index contributed by atoms with van der Waals surface area (Å²) in [4.78, 5) is 0. The SMILES string of the molecule is CC(C)C(CN)NCC1CCCc2ccccc21. The summed E-state index contributed by atoms with van der Waals surface area (Å²) in [6.07, 6.45) is 3.87. The van der Waals surface area contributed by atoms with E-state index in [1.165, 1.54) is 19.3 Å². The Hall–Kier alpha value is -0.860. The molecule has 1 aliphatic carbocycles. The van der Waals surface area contributed by atoms with Gasteiger partial charge in [0.25, 0.3) is 0 Å². The molecule has 0 heterocycles. The molecule has 2 unspecified atom stereocenters. The van der Waals surface area contributed by atoms with Crippen molar-refractivity contribution in [3.05, 3.63) is 35.4 Å². The number of nitrogens with one attached hydrogen (secondary N) is 1. The van der Waals surface area contributed by atoms with E-state index in [1.807, 2.05) is 0 Å². The molecule has 0 radical (unpaired) electrons. The zero-order valence-corrected chi connectivity index (χ0v) is 11.7. The van der Waals surface area contributed by atoms with E-state index in [1.54, 1.807) is 11.1 Å². The third-order valence-electron chi connectivity index (χ3n) is 4.18. The Bertz CT molecular complexity index is 373. The summed E-state index contributed by atoms with van der Waals surface area (Å²) in [5, 5.41) is 3.65. The standard InChI is InChI=1S/C16H26N2/c1-12(2)16(10-17)18-11-14-8-5-7-13-6-3-4-9-15(13)14/h3-4,6,9,12,14,16,18H,5,7-8,10-11,17H2,1-2H3. The lowest BCUT2D eigenvalue weighted by molar-refractivity contribution is 0.381. The van der Waals surface area contributed by atoms with Gasteiger partial charge in [-0.25, -0.2) is 0 Å². The van der Waals surface area contributed by atoms with Gasteiger partial charge >= 0.3 is 0 Å². The Morgan fingerprint density at radius 2 is 2.11 bits per heavy atom. The molecule has 2 heteroatoms. The molecule has 18 heavy (non-hydrogen) atoms. The first-order chi connectivity index (χ1) is 8.72. The van der Waals surface area contributed by atoms with Gasteiger partial charge < -0.3 is 11.1 Å². The van der Waals surface area contributed by atoms with Crippen molar-refractivity contribution in [2.75, 3.05) is 13.1 Å². The first-order valence-corrected chi connectivity index (χ1v) is 7.23. The van der Waals surface area contributed by atoms with E-state index in [4.69, 9.17) is 5.73 Å². The van der Waals surface area contributed by atoms with E-state index >= 15 is 0 Å². The molecular formula is C16H26N2. The molecule has 0 saturated carbocycles. The van der Waals surface area contributed by atoms with Gasteiger partial charge in [-0.15, -0.1) is 0 Å². The minimum atomic E-state index is 0.444. The molecule has 100 valence electrons. The van der Waals surface area contributed by atoms with Crippen molar-refractivity contribution >= 4 is 0 Å². The fourth-order valence-electron chi connectivity index (χ4n) is 2.95. The van der Waals surface area contributed by atoms with Gasteiger partial charge in [-0.05, 0) is 42.2 Å². The third-order valence-corrected chi connectivity index (χ3v) is 4.18. The van der Waals surface area contributed by atoms with E-state index in [9.17, 15) is 0 Å². The second-order valence-electron chi connectivity index (χ2n) is 5.78. The van der Waals surface area contributed by atoms with Gasteiger partial charge in [-0.2, -0.15) is 0 Å². The van der Waals surface area contributed by atoms with Crippen LogP contribution in [0.15, 0.2) is 24.3 Å². The summed E-state index contributed by atoms with van der Waals surface area (Å²) in [6.45, 7) is 6.27. The minimum Gasteiger partial charge on any atom is -0.329 e. The van der Waals surface area contributed by atoms with Gasteiger partial charge in [0, 0.05) is 19.1 Å². The largest absolute Gasteiger partial charge is 0.329 e. The van der Waals surface area contributed by atoms with E-state index < -0.39 is 0 Å². The molecular weight excluding hydrogens is 220 g/mol. The maximum atomic E-state index is 5.82. The maximum absolute atomic E-state index is 5.82. The van der Waals surface area contributed by atoms with Crippen LogP contribution in [0.25, 0.3) is 0 Å². The molecule has 0 fully saturated rings. The number of nitrogens with two attached hydrogens (primary N) is 1. The highest BCUT2D eigenvalue weighted by Gasteiger charge is 2.21. The van der Waals surface area contributed by atoms with Crippen LogP contribution in [-0.4, -0.2) is 19.1 Å². The Labute approximate surface area is 111 Å². The summed E-state index contributed by atoms with van der Waals surface area (Å²) in [5.41, 5.74) is 8.92. The predicted molar refractivity (Wildman–Crippen MR) is 77.8 cm³/mol. The lowest BCUT2D eigenvalue weighted by Crippen LogP contribution is -2.42. The molecule has 1 aromatic rings. The number of fused-ring (bicyclic) bond motifs is 1. The molecule has 0 aliphatic heterocycles. The fourth-order valence-corrected chi connectivity index (χ4v) is 2.95. The Balaban J connectivity index is 1.99. The number of hydrogen-bond acceptors (Lipinski definition) is 2. The lowest BCUT2D eigenvalue weighted by atomic mass is 9.82. The number of benzene rings is 1. The maximum Gasteiger partial charge on any atom is 0.0213 e. The first kappa shape index (κ1) is 13.6. The monoisotopic (exact) mass is 246 g/mol. The quantitative estimate of drug-likeness (QED) is 0.838. The summed E-state index contributed by atoms with van der Waals surface area (Å²) in [5.74, 6) is 1.27. The Kier molecular flexibility index (Phi) is 4.79. The second-order valence-corrected chi connectivity index (χ2v) is 5.78. The summed E-state index contributed by atoms with van der Waals surface area (Å²) in [7, 11) is 0. The Morgan fingerprint density at radius 3 is 2.83 bits per heavy atom. The smallest absolute Gasteiger partial charge is 0.0213 e. The average molecular weight is 246 g/mol. The van der Waals surface area contributed by atoms with E-state index in [0.717, 1.165) is 13.1 Å². The van der Waals surface area contributed by atoms with Crippen molar-refractivity contribution in [3.8, 4) is 0 Å². The molecule has 3 N–H and O–H groups in total. The number of hydrogen-bond donors (Lipinski definition) is 2. The van der Waals surface area contributed by atoms with E-state index in [-0.39, 0.29) is 0 Å². The summed E-state index contributed by atoms with van der Waals surface area (Å²) in [6, 6.07) is 9.35. The van der Waals surface area contributed by atoms with Crippen molar-refractivity contribution in [1.29, 1.82) is 0 Å². The van der Waals surface area contributed by atoms with Crippen LogP contribution in [0.3, 0.4) is 0 Å². The van der Waals surface area contributed by atoms with Crippen molar-refractivity contribution in [3.63, 3.8) is 0 Å². The summed E-state index contributed by atoms with van der Waals surface area (Å²) >= 11 is 0. The molecule has 0 aromatic heterocycles. The number of aryl methyl sites for hydroxylation is 1. The van der Waals surface area contributed by atoms with E-state index in [0.29, 0.717) is 17.9 Å². The van der Waals surface area contributed by atoms with Crippen LogP contribution in [0.2, 0.25) is 0 Å². The van der Waals surface area contributed by atoms with Gasteiger partial charge in [-0.1, -0.05) is 38.1 Å². The molecule has 2 nitrogen and oxygen atoms in total. The van der Waals surface area contributed by atoms with Crippen LogP contribution in [0.5, 0.6) is 0 Å². The zero-order chi connectivity index (χ0) is 13.0. The van der Waals surface area contributed by atoms with Crippen LogP contribution >= 0.6 is 0 Å². The second kappa shape index (κ2) is 6.35. The fraction of sp³-hybridized carbons (Fsp3) is 0.625. The van der Waals surface area contributed by atoms with Crippen molar-refractivity contribution in [2.45, 2.75) is 45.1 Å². The minimum absolute atomic E-state index is 0.444. The van der Waals surface area contributed by atoms with Crippen LogP contribution in [0, 0.1) is 5.92 Å². The van der Waals surface area contributed by atoms with Gasteiger partial charge in [-0.3, -0.25) is 0 Å². The molecule has 2 atom stereocenters. The van der Waals surface area contributed by atoms with Gasteiger partial charge in [0.15, 0.2) is 0 Å². The average Bonchev–Trinajstić information content (AvgIpc) is 2.39. The third kappa shape index (κ3) is 3.12. The van der Waals surface area contributed by atoms with Crippen LogP contribution in [-0.2, 0) is 6.42 Å². The van der Waals surface area contributed by atoms with E-state index in [2.05, 4.69) is 43.4 Å². The number of rotatable bonds is 5. The molecule has 1 aromatic carbocycles. The lowest BCUT2D eigenvalue weighted by Gasteiger charge is -2.29. The highest BCUT2D eigenvalue weighted by molar-refractivity contribution is 5.32. The van der Waals surface area contributed by atoms with Crippen molar-refractivity contribution in [1.82, 2.24) is 5.32 Å². The van der Waals surface area contributed by atoms with Crippen molar-refractivity contribution in [2.24, 2.45) is 11.7 Å². The molecule has 1 aliphatic rings. The highest BCUT2D eigenvalue weighted by atomic mass is 14.9. The topological polar surface area (TPSA) is 38.0 Å². The predicted octanol–water partition coefficient (Wildman–Crippen LogP) is 2.68. The van der Waals surface area contributed by atoms with Gasteiger partial charge in [0.1, 0.15) is 0 Å². The molecule has 2 rings (SSSR count). The normalized spacial score (nSPS) is 20.8. The van der Waals surface area contributed by atoms with Crippen LogP contribution in [0.1, 0.15) is 43.7 Å². The molecule has 0 spiro atoms. The molecule has 0 bridgehead atoms. The van der Waals surface area contributed by atoms with Gasteiger partial charge in [0.05, 0.1) is 0 Å². The molecule has 0 amide bonds. The summed E-state index contributed by atoms with van der Waals surface area (Å²) < 4.78 is 0. The molecule has 0 saturated heterocycles. The Morgan fingerprint density at radius 1 is 1.33 bits per heavy atom. The highest BCUT2D eigenvalue weighted by Crippen LogP contribution is 2.30. The van der Waals surface area contributed by atoms with Crippen LogP contribution < -0.4 is 11.1 Å².